The highest BCUT2D eigenvalue weighted by molar-refractivity contribution is 8.76. The third-order valence-corrected chi connectivity index (χ3v) is 4.19. The first-order valence-electron chi connectivity index (χ1n) is 4.28. The monoisotopic (exact) mass is 228 g/mol. The van der Waals surface area contributed by atoms with E-state index in [0.717, 1.165) is 16.2 Å². The minimum atomic E-state index is 0.356. The van der Waals surface area contributed by atoms with Crippen molar-refractivity contribution >= 4 is 27.3 Å². The molecule has 0 amide bonds. The molecule has 0 aromatic heterocycles. The van der Waals surface area contributed by atoms with E-state index in [1.165, 1.54) is 0 Å². The lowest BCUT2D eigenvalue weighted by Crippen LogP contribution is -1.98. The number of nitrogens with zero attached hydrogens (tertiary/aromatic N) is 1. The van der Waals surface area contributed by atoms with Crippen LogP contribution in [-0.4, -0.2) is 5.75 Å². The van der Waals surface area contributed by atoms with Crippen LogP contribution in [0.15, 0.2) is 28.3 Å². The van der Waals surface area contributed by atoms with Gasteiger partial charge in [-0.1, -0.05) is 34.6 Å². The Morgan fingerprint density at radius 3 is 2.86 bits per heavy atom. The van der Waals surface area contributed by atoms with Gasteiger partial charge >= 0.3 is 0 Å². The maximum absolute atomic E-state index is 10.5. The number of benzene rings is 1. The second-order valence-corrected chi connectivity index (χ2v) is 5.17. The molecule has 1 rings (SSSR count). The second-order valence-electron chi connectivity index (χ2n) is 2.54. The summed E-state index contributed by atoms with van der Waals surface area (Å²) in [4.78, 5) is 11.5. The van der Waals surface area contributed by atoms with Gasteiger partial charge in [-0.3, -0.25) is 0 Å². The smallest absolute Gasteiger partial charge is 0.113 e. The van der Waals surface area contributed by atoms with E-state index in [9.17, 15) is 4.91 Å². The fourth-order valence-electron chi connectivity index (χ4n) is 1.05. The van der Waals surface area contributed by atoms with Gasteiger partial charge in [0.05, 0.1) is 0 Å². The minimum Gasteiger partial charge on any atom is -0.326 e. The Morgan fingerprint density at radius 1 is 1.50 bits per heavy atom. The maximum Gasteiger partial charge on any atom is 0.113 e. The van der Waals surface area contributed by atoms with Crippen LogP contribution in [0.25, 0.3) is 0 Å². The predicted octanol–water partition coefficient (Wildman–Crippen LogP) is 3.30. The Bertz CT molecular complexity index is 318. The van der Waals surface area contributed by atoms with Crippen molar-refractivity contribution in [2.24, 2.45) is 10.9 Å². The highest BCUT2D eigenvalue weighted by atomic mass is 33.1. The highest BCUT2D eigenvalue weighted by Gasteiger charge is 2.07. The van der Waals surface area contributed by atoms with E-state index in [4.69, 9.17) is 5.73 Å². The summed E-state index contributed by atoms with van der Waals surface area (Å²) in [5.41, 5.74) is 6.87. The summed E-state index contributed by atoms with van der Waals surface area (Å²) < 4.78 is 0. The molecule has 76 valence electrons. The van der Waals surface area contributed by atoms with E-state index in [-0.39, 0.29) is 0 Å². The van der Waals surface area contributed by atoms with Gasteiger partial charge < -0.3 is 5.73 Å². The molecule has 0 atom stereocenters. The van der Waals surface area contributed by atoms with Crippen LogP contribution in [0, 0.1) is 4.91 Å². The van der Waals surface area contributed by atoms with Gasteiger partial charge in [0.25, 0.3) is 0 Å². The largest absolute Gasteiger partial charge is 0.326 e. The quantitative estimate of drug-likeness (QED) is 0.620. The van der Waals surface area contributed by atoms with Crippen molar-refractivity contribution in [1.29, 1.82) is 0 Å². The average Bonchev–Trinajstić information content (AvgIpc) is 2.25. The average molecular weight is 228 g/mol. The molecule has 14 heavy (non-hydrogen) atoms. The molecule has 0 saturated heterocycles. The Kier molecular flexibility index (Phi) is 5.00. The molecule has 0 saturated carbocycles. The molecular weight excluding hydrogens is 216 g/mol. The van der Waals surface area contributed by atoms with Gasteiger partial charge in [-0.25, -0.2) is 0 Å². The van der Waals surface area contributed by atoms with Crippen molar-refractivity contribution in [2.45, 2.75) is 18.4 Å². The topological polar surface area (TPSA) is 55.5 Å². The second kappa shape index (κ2) is 6.06. The van der Waals surface area contributed by atoms with E-state index in [2.05, 4.69) is 12.1 Å². The van der Waals surface area contributed by atoms with Gasteiger partial charge in [0.1, 0.15) is 5.69 Å². The third-order valence-electron chi connectivity index (χ3n) is 1.68. The number of hydrogen-bond donors (Lipinski definition) is 1. The number of hydrogen-bond acceptors (Lipinski definition) is 5. The molecule has 1 aromatic rings. The zero-order valence-electron chi connectivity index (χ0n) is 7.90. The zero-order valence-corrected chi connectivity index (χ0v) is 9.53. The predicted molar refractivity (Wildman–Crippen MR) is 63.8 cm³/mol. The standard InChI is InChI=1S/C9H12N2OS2/c1-2-13-14-9-5-3-4-8(11-12)7(9)6-10/h3-5H,2,6,10H2,1H3. The van der Waals surface area contributed by atoms with Gasteiger partial charge in [0.15, 0.2) is 0 Å². The zero-order chi connectivity index (χ0) is 10.4. The molecule has 0 aliphatic carbocycles. The number of nitroso groups, excluding NO2 is 1. The fourth-order valence-corrected chi connectivity index (χ4v) is 2.92. The van der Waals surface area contributed by atoms with Crippen molar-refractivity contribution in [3.63, 3.8) is 0 Å². The lowest BCUT2D eigenvalue weighted by molar-refractivity contribution is 1.02. The van der Waals surface area contributed by atoms with Gasteiger partial charge in [-0.2, -0.15) is 0 Å². The first-order chi connectivity index (χ1) is 6.83. The van der Waals surface area contributed by atoms with Crippen LogP contribution in [0.4, 0.5) is 5.69 Å². The van der Waals surface area contributed by atoms with E-state index < -0.39 is 0 Å². The summed E-state index contributed by atoms with van der Waals surface area (Å²) in [5.74, 6) is 1.02. The summed E-state index contributed by atoms with van der Waals surface area (Å²) in [5, 5.41) is 2.96. The summed E-state index contributed by atoms with van der Waals surface area (Å²) in [6.45, 7) is 2.44. The molecule has 0 spiro atoms. The molecule has 0 radical (unpaired) electrons. The van der Waals surface area contributed by atoms with Crippen molar-refractivity contribution in [1.82, 2.24) is 0 Å². The highest BCUT2D eigenvalue weighted by Crippen LogP contribution is 2.36. The third kappa shape index (κ3) is 2.73. The normalized spacial score (nSPS) is 10.1. The Hall–Kier alpha value is -0.520. The Balaban J connectivity index is 2.96. The van der Waals surface area contributed by atoms with Gasteiger partial charge in [0.2, 0.25) is 0 Å². The van der Waals surface area contributed by atoms with Crippen molar-refractivity contribution in [2.75, 3.05) is 5.75 Å². The van der Waals surface area contributed by atoms with E-state index in [1.54, 1.807) is 27.7 Å². The van der Waals surface area contributed by atoms with Crippen molar-refractivity contribution in [3.8, 4) is 0 Å². The van der Waals surface area contributed by atoms with Crippen LogP contribution in [0.1, 0.15) is 12.5 Å². The summed E-state index contributed by atoms with van der Waals surface area (Å²) in [7, 11) is 3.37. The van der Waals surface area contributed by atoms with Crippen LogP contribution in [-0.2, 0) is 6.54 Å². The molecular formula is C9H12N2OS2. The van der Waals surface area contributed by atoms with Crippen LogP contribution >= 0.6 is 21.6 Å². The van der Waals surface area contributed by atoms with Gasteiger partial charge in [-0.05, 0) is 17.3 Å². The molecule has 0 aliphatic heterocycles. The summed E-state index contributed by atoms with van der Waals surface area (Å²) >= 11 is 0. The molecule has 0 aliphatic rings. The first kappa shape index (κ1) is 11.6. The van der Waals surface area contributed by atoms with E-state index in [0.29, 0.717) is 12.2 Å². The van der Waals surface area contributed by atoms with Crippen LogP contribution in [0.5, 0.6) is 0 Å². The SMILES string of the molecule is CCSSc1cccc(N=O)c1CN. The van der Waals surface area contributed by atoms with Gasteiger partial charge in [0, 0.05) is 22.8 Å². The molecule has 5 heteroatoms. The lowest BCUT2D eigenvalue weighted by Gasteiger charge is -2.06. The molecule has 3 nitrogen and oxygen atoms in total. The fraction of sp³-hybridized carbons (Fsp3) is 0.333. The Morgan fingerprint density at radius 2 is 2.29 bits per heavy atom. The molecule has 0 fully saturated rings. The molecule has 1 aromatic carbocycles. The summed E-state index contributed by atoms with van der Waals surface area (Å²) in [6, 6.07) is 5.48. The van der Waals surface area contributed by atoms with E-state index >= 15 is 0 Å². The number of nitrogens with two attached hydrogens (primary N) is 1. The van der Waals surface area contributed by atoms with Crippen LogP contribution < -0.4 is 5.73 Å². The van der Waals surface area contributed by atoms with Crippen molar-refractivity contribution in [3.05, 3.63) is 28.7 Å². The molecule has 0 unspecified atom stereocenters. The van der Waals surface area contributed by atoms with Crippen LogP contribution in [0.2, 0.25) is 0 Å². The minimum absolute atomic E-state index is 0.356. The molecule has 0 heterocycles. The lowest BCUT2D eigenvalue weighted by atomic mass is 10.2. The van der Waals surface area contributed by atoms with E-state index in [1.807, 2.05) is 12.1 Å². The summed E-state index contributed by atoms with van der Waals surface area (Å²) in [6.07, 6.45) is 0. The first-order valence-corrected chi connectivity index (χ1v) is 6.60. The van der Waals surface area contributed by atoms with Gasteiger partial charge in [-0.15, -0.1) is 4.91 Å². The number of rotatable bonds is 5. The van der Waals surface area contributed by atoms with Crippen molar-refractivity contribution < 1.29 is 0 Å². The van der Waals surface area contributed by atoms with Crippen LogP contribution in [0.3, 0.4) is 0 Å². The maximum atomic E-state index is 10.5. The molecule has 0 bridgehead atoms. The molecule has 2 N–H and O–H groups in total. The Labute approximate surface area is 91.2 Å².